The van der Waals surface area contributed by atoms with Crippen molar-refractivity contribution < 1.29 is 13.2 Å². The average Bonchev–Trinajstić information content (AvgIpc) is 1.30. The van der Waals surface area contributed by atoms with Crippen molar-refractivity contribution in [2.24, 2.45) is 0 Å². The monoisotopic (exact) mass is 110 g/mol. The third-order valence-electron chi connectivity index (χ3n) is 0.239. The molecule has 40 valence electrons. The molecule has 0 saturated carbocycles. The Bertz CT molecular complexity index is 104. The van der Waals surface area contributed by atoms with Crippen LogP contribution in [0.5, 0.6) is 0 Å². The van der Waals surface area contributed by atoms with Gasteiger partial charge in [-0.2, -0.15) is 0 Å². The molecule has 1 nitrogen and oxygen atoms in total. The summed E-state index contributed by atoms with van der Waals surface area (Å²) in [7, 11) is 0. The van der Waals surface area contributed by atoms with Gasteiger partial charge in [-0.1, -0.05) is 13.2 Å². The first-order valence-electron chi connectivity index (χ1n) is 1.51. The largest absolute Gasteiger partial charge is 0.749 e. The Hall–Kier alpha value is -0.720. The molecule has 0 heterocycles. The maximum absolute atomic E-state index is 10.8. The highest BCUT2D eigenvalue weighted by Gasteiger charge is 2.41. The van der Waals surface area contributed by atoms with E-state index in [-0.39, 0.29) is 0 Å². The zero-order valence-electron chi connectivity index (χ0n) is 3.58. The Morgan fingerprint density at radius 1 is 1.43 bits per heavy atom. The molecule has 0 radical (unpaired) electrons. The number of hydrogen-bond donors (Lipinski definition) is 0. The van der Waals surface area contributed by atoms with Crippen LogP contribution in [0.1, 0.15) is 6.92 Å². The van der Waals surface area contributed by atoms with Crippen molar-refractivity contribution in [1.29, 1.82) is 0 Å². The van der Waals surface area contributed by atoms with Crippen molar-refractivity contribution in [3.8, 4) is 6.07 Å². The predicted octanol–water partition coefficient (Wildman–Crippen LogP) is 1.86. The number of nitrogens with zero attached hydrogens (tertiary/aromatic N) is 1. The van der Waals surface area contributed by atoms with E-state index in [4.69, 9.17) is 0 Å². The standard InChI is InChI=1S/C3H3F3N/c1-2-7-3(4,5)6/h1H3/q+1. The molecule has 0 aliphatic heterocycles. The number of halogens is 3. The van der Waals surface area contributed by atoms with Gasteiger partial charge >= 0.3 is 6.30 Å². The van der Waals surface area contributed by atoms with Gasteiger partial charge in [-0.15, -0.1) is 0 Å². The van der Waals surface area contributed by atoms with Gasteiger partial charge in [0.05, 0.1) is 6.92 Å². The van der Waals surface area contributed by atoms with Crippen LogP contribution in [-0.4, -0.2) is 6.30 Å². The van der Waals surface area contributed by atoms with Gasteiger partial charge < -0.3 is 0 Å². The third kappa shape index (κ3) is 5.28. The molecule has 0 saturated heterocycles. The van der Waals surface area contributed by atoms with E-state index >= 15 is 0 Å². The normalized spacial score (nSPS) is 9.71. The molecule has 0 amide bonds. The molecule has 0 fully saturated rings. The van der Waals surface area contributed by atoms with Crippen molar-refractivity contribution in [3.05, 3.63) is 4.85 Å². The SMILES string of the molecule is CC#[N+]C(F)(F)F. The van der Waals surface area contributed by atoms with E-state index in [9.17, 15) is 13.2 Å². The zero-order valence-corrected chi connectivity index (χ0v) is 3.58. The van der Waals surface area contributed by atoms with Crippen LogP contribution >= 0.6 is 0 Å². The van der Waals surface area contributed by atoms with E-state index < -0.39 is 6.30 Å². The topological polar surface area (TPSA) is 4.36 Å². The summed E-state index contributed by atoms with van der Waals surface area (Å²) in [5, 5.41) is 0. The lowest BCUT2D eigenvalue weighted by Gasteiger charge is -1.73. The molecule has 0 unspecified atom stereocenters. The van der Waals surface area contributed by atoms with E-state index in [0.29, 0.717) is 0 Å². The van der Waals surface area contributed by atoms with Gasteiger partial charge in [-0.3, -0.25) is 0 Å². The van der Waals surface area contributed by atoms with E-state index in [1.54, 1.807) is 6.07 Å². The Labute approximate surface area is 38.6 Å². The molecule has 0 aromatic carbocycles. The fraction of sp³-hybridized carbons (Fsp3) is 0.667. The summed E-state index contributed by atoms with van der Waals surface area (Å²) in [6.45, 7) is 1.09. The van der Waals surface area contributed by atoms with Gasteiger partial charge in [0, 0.05) is 4.85 Å². The fourth-order valence-corrected chi connectivity index (χ4v) is 0.127. The minimum absolute atomic E-state index is 1.09. The second-order valence-corrected chi connectivity index (χ2v) is 0.803. The van der Waals surface area contributed by atoms with Crippen molar-refractivity contribution in [2.75, 3.05) is 0 Å². The lowest BCUT2D eigenvalue weighted by molar-refractivity contribution is -0.0823. The molecule has 0 atom stereocenters. The Morgan fingerprint density at radius 2 is 1.86 bits per heavy atom. The third-order valence-corrected chi connectivity index (χ3v) is 0.239. The molecule has 0 aliphatic carbocycles. The smallest absolute Gasteiger partial charge is 0.0906 e. The van der Waals surface area contributed by atoms with Crippen LogP contribution in [0.15, 0.2) is 0 Å². The molecular weight excluding hydrogens is 107 g/mol. The summed E-state index contributed by atoms with van der Waals surface area (Å²) in [6.07, 6.45) is -4.44. The lowest BCUT2D eigenvalue weighted by Crippen LogP contribution is -1.96. The highest BCUT2D eigenvalue weighted by Crippen LogP contribution is 2.15. The number of hydrogen-bond acceptors (Lipinski definition) is 0. The van der Waals surface area contributed by atoms with Crippen molar-refractivity contribution in [1.82, 2.24) is 0 Å². The Kier molecular flexibility index (Phi) is 1.64. The minimum Gasteiger partial charge on any atom is -0.0906 e. The first kappa shape index (κ1) is 6.28. The van der Waals surface area contributed by atoms with E-state index in [0.717, 1.165) is 6.92 Å². The molecule has 0 aromatic heterocycles. The predicted molar refractivity (Wildman–Crippen MR) is 19.0 cm³/mol. The lowest BCUT2D eigenvalue weighted by atomic mass is 10.9. The fourth-order valence-electron chi connectivity index (χ4n) is 0.127. The summed E-state index contributed by atoms with van der Waals surface area (Å²) in [4.78, 5) is 2.01. The second kappa shape index (κ2) is 1.82. The van der Waals surface area contributed by atoms with Crippen molar-refractivity contribution in [3.63, 3.8) is 0 Å². The van der Waals surface area contributed by atoms with Gasteiger partial charge in [-0.05, 0) is 0 Å². The maximum Gasteiger partial charge on any atom is 0.749 e. The summed E-state index contributed by atoms with van der Waals surface area (Å²) in [6, 6.07) is 1.61. The van der Waals surface area contributed by atoms with Gasteiger partial charge in [0.25, 0.3) is 6.07 Å². The van der Waals surface area contributed by atoms with Gasteiger partial charge in [0.2, 0.25) is 0 Å². The van der Waals surface area contributed by atoms with E-state index in [1.165, 1.54) is 0 Å². The molecule has 0 aliphatic rings. The van der Waals surface area contributed by atoms with Gasteiger partial charge in [0.15, 0.2) is 0 Å². The summed E-state index contributed by atoms with van der Waals surface area (Å²) in [5.41, 5.74) is 0. The molecule has 0 N–H and O–H groups in total. The van der Waals surface area contributed by atoms with Gasteiger partial charge in [-0.25, -0.2) is 0 Å². The van der Waals surface area contributed by atoms with Crippen LogP contribution in [-0.2, 0) is 0 Å². The van der Waals surface area contributed by atoms with Crippen molar-refractivity contribution in [2.45, 2.75) is 13.2 Å². The van der Waals surface area contributed by atoms with Crippen LogP contribution < -0.4 is 0 Å². The summed E-state index contributed by atoms with van der Waals surface area (Å²) in [5.74, 6) is 0. The maximum atomic E-state index is 10.8. The molecular formula is C3H3F3N+. The summed E-state index contributed by atoms with van der Waals surface area (Å²) >= 11 is 0. The minimum atomic E-state index is -4.44. The molecule has 4 heteroatoms. The highest BCUT2D eigenvalue weighted by atomic mass is 19.4. The molecule has 7 heavy (non-hydrogen) atoms. The second-order valence-electron chi connectivity index (χ2n) is 0.803. The van der Waals surface area contributed by atoms with Crippen LogP contribution in [0.4, 0.5) is 13.2 Å². The van der Waals surface area contributed by atoms with Crippen molar-refractivity contribution >= 4 is 0 Å². The molecule has 0 bridgehead atoms. The van der Waals surface area contributed by atoms with Crippen LogP contribution in [0.2, 0.25) is 0 Å². The summed E-state index contributed by atoms with van der Waals surface area (Å²) < 4.78 is 32.5. The first-order valence-corrected chi connectivity index (χ1v) is 1.51. The zero-order chi connectivity index (χ0) is 5.91. The first-order chi connectivity index (χ1) is 3.06. The molecule has 0 aromatic rings. The number of rotatable bonds is 0. The Balaban J connectivity index is 3.72. The molecule has 0 rings (SSSR count). The quantitative estimate of drug-likeness (QED) is 0.419. The molecule has 0 spiro atoms. The average molecular weight is 110 g/mol. The Morgan fingerprint density at radius 3 is 1.86 bits per heavy atom. The van der Waals surface area contributed by atoms with E-state index in [1.807, 2.05) is 4.85 Å². The van der Waals surface area contributed by atoms with Gasteiger partial charge in [0.1, 0.15) is 0 Å². The van der Waals surface area contributed by atoms with E-state index in [2.05, 4.69) is 0 Å². The van der Waals surface area contributed by atoms with Crippen LogP contribution in [0.25, 0.3) is 4.85 Å². The number of alkyl halides is 3. The van der Waals surface area contributed by atoms with Crippen LogP contribution in [0, 0.1) is 6.07 Å². The highest BCUT2D eigenvalue weighted by molar-refractivity contribution is 4.82. The van der Waals surface area contributed by atoms with Crippen LogP contribution in [0.3, 0.4) is 0 Å².